The zero-order chi connectivity index (χ0) is 20.3. The lowest BCUT2D eigenvalue weighted by Gasteiger charge is -2.24. The van der Waals surface area contributed by atoms with Gasteiger partial charge in [0.25, 0.3) is 0 Å². The number of fused-ring (bicyclic) bond motifs is 1. The number of aromatic nitrogens is 2. The molecule has 5 heteroatoms. The van der Waals surface area contributed by atoms with E-state index in [0.29, 0.717) is 24.2 Å². The van der Waals surface area contributed by atoms with E-state index < -0.39 is 0 Å². The molecular formula is C25H28N3O2. The molecule has 2 saturated heterocycles. The van der Waals surface area contributed by atoms with Crippen LogP contribution in [0.25, 0.3) is 5.65 Å². The molecule has 0 saturated carbocycles. The van der Waals surface area contributed by atoms with Gasteiger partial charge < -0.3 is 14.0 Å². The minimum absolute atomic E-state index is 0.315. The first-order valence-corrected chi connectivity index (χ1v) is 11.0. The zero-order valence-corrected chi connectivity index (χ0v) is 17.3. The molecule has 4 heterocycles. The number of nitrogens with zero attached hydrogens (tertiary/aromatic N) is 3. The third-order valence-electron chi connectivity index (χ3n) is 6.56. The molecule has 1 aromatic carbocycles. The van der Waals surface area contributed by atoms with Gasteiger partial charge in [0.05, 0.1) is 0 Å². The maximum Gasteiger partial charge on any atom is 0.222 e. The average Bonchev–Trinajstić information content (AvgIpc) is 3.45. The van der Waals surface area contributed by atoms with Gasteiger partial charge in [-0.2, -0.15) is 0 Å². The third kappa shape index (κ3) is 4.26. The van der Waals surface area contributed by atoms with Crippen LogP contribution in [0.1, 0.15) is 48.3 Å². The lowest BCUT2D eigenvalue weighted by atomic mass is 9.95. The van der Waals surface area contributed by atoms with Crippen LogP contribution in [-0.4, -0.2) is 46.5 Å². The number of imidazole rings is 1. The summed E-state index contributed by atoms with van der Waals surface area (Å²) in [4.78, 5) is 19.1. The summed E-state index contributed by atoms with van der Waals surface area (Å²) in [5.74, 6) is 1.21. The van der Waals surface area contributed by atoms with Gasteiger partial charge in [0, 0.05) is 57.2 Å². The topological polar surface area (TPSA) is 46.8 Å². The molecule has 2 fully saturated rings. The van der Waals surface area contributed by atoms with Crippen molar-refractivity contribution >= 4 is 11.6 Å². The molecule has 1 atom stereocenters. The first kappa shape index (κ1) is 19.3. The average molecular weight is 403 g/mol. The second-order valence-electron chi connectivity index (χ2n) is 8.64. The summed E-state index contributed by atoms with van der Waals surface area (Å²) in [6, 6.07) is 14.3. The smallest absolute Gasteiger partial charge is 0.222 e. The van der Waals surface area contributed by atoms with Gasteiger partial charge >= 0.3 is 0 Å². The van der Waals surface area contributed by atoms with Gasteiger partial charge in [0.1, 0.15) is 5.65 Å². The van der Waals surface area contributed by atoms with Crippen LogP contribution >= 0.6 is 0 Å². The molecule has 0 spiro atoms. The number of carbonyl (C=O) groups excluding carboxylic acids is 1. The van der Waals surface area contributed by atoms with Crippen molar-refractivity contribution in [3.63, 3.8) is 0 Å². The Morgan fingerprint density at radius 2 is 2.03 bits per heavy atom. The summed E-state index contributed by atoms with van der Waals surface area (Å²) in [5.41, 5.74) is 4.70. The highest BCUT2D eigenvalue weighted by molar-refractivity contribution is 5.76. The monoisotopic (exact) mass is 402 g/mol. The van der Waals surface area contributed by atoms with Crippen LogP contribution < -0.4 is 0 Å². The van der Waals surface area contributed by atoms with E-state index in [2.05, 4.69) is 52.5 Å². The first-order valence-electron chi connectivity index (χ1n) is 11.0. The van der Waals surface area contributed by atoms with Crippen LogP contribution in [-0.2, 0) is 16.0 Å². The zero-order valence-electron chi connectivity index (χ0n) is 17.3. The number of amides is 1. The molecule has 0 N–H and O–H groups in total. The molecule has 0 bridgehead atoms. The molecule has 2 aliphatic rings. The van der Waals surface area contributed by atoms with Crippen molar-refractivity contribution in [3.05, 3.63) is 71.7 Å². The van der Waals surface area contributed by atoms with Crippen LogP contribution in [0.4, 0.5) is 0 Å². The highest BCUT2D eigenvalue weighted by Crippen LogP contribution is 2.29. The Labute approximate surface area is 177 Å². The molecule has 1 radical (unpaired) electrons. The molecule has 2 aromatic heterocycles. The van der Waals surface area contributed by atoms with Crippen LogP contribution in [0.2, 0.25) is 0 Å². The molecule has 5 rings (SSSR count). The summed E-state index contributed by atoms with van der Waals surface area (Å²) in [6.07, 6.45) is 10.5. The largest absolute Gasteiger partial charge is 0.381 e. The van der Waals surface area contributed by atoms with Crippen molar-refractivity contribution in [2.24, 2.45) is 5.92 Å². The minimum atomic E-state index is 0.315. The lowest BCUT2D eigenvalue weighted by molar-refractivity contribution is -0.131. The van der Waals surface area contributed by atoms with Gasteiger partial charge in [-0.25, -0.2) is 4.98 Å². The summed E-state index contributed by atoms with van der Waals surface area (Å²) >= 11 is 0. The summed E-state index contributed by atoms with van der Waals surface area (Å²) < 4.78 is 7.43. The number of hydrogen-bond acceptors (Lipinski definition) is 3. The van der Waals surface area contributed by atoms with Gasteiger partial charge in [0.2, 0.25) is 5.91 Å². The fourth-order valence-corrected chi connectivity index (χ4v) is 4.70. The Bertz CT molecular complexity index is 1000. The number of ether oxygens (including phenoxy) is 1. The predicted molar refractivity (Wildman–Crippen MR) is 115 cm³/mol. The Hall–Kier alpha value is -2.66. The fourth-order valence-electron chi connectivity index (χ4n) is 4.70. The fraction of sp³-hybridized carbons (Fsp3) is 0.440. The number of hydrogen-bond donors (Lipinski definition) is 0. The van der Waals surface area contributed by atoms with E-state index >= 15 is 0 Å². The van der Waals surface area contributed by atoms with Crippen molar-refractivity contribution in [2.75, 3.05) is 26.3 Å². The number of rotatable bonds is 5. The quantitative estimate of drug-likeness (QED) is 0.651. The van der Waals surface area contributed by atoms with E-state index in [4.69, 9.17) is 4.74 Å². The van der Waals surface area contributed by atoms with Crippen LogP contribution in [0, 0.1) is 12.0 Å². The van der Waals surface area contributed by atoms with E-state index in [1.807, 2.05) is 16.8 Å². The summed E-state index contributed by atoms with van der Waals surface area (Å²) in [5, 5.41) is 0. The molecule has 3 aromatic rings. The normalized spacial score (nSPS) is 20.1. The second kappa shape index (κ2) is 8.60. The second-order valence-corrected chi connectivity index (χ2v) is 8.64. The van der Waals surface area contributed by atoms with E-state index in [1.54, 1.807) is 0 Å². The first-order chi connectivity index (χ1) is 14.7. The molecule has 1 amide bonds. The maximum absolute atomic E-state index is 12.7. The van der Waals surface area contributed by atoms with Crippen LogP contribution in [0.3, 0.4) is 0 Å². The van der Waals surface area contributed by atoms with Crippen molar-refractivity contribution in [2.45, 2.75) is 38.0 Å². The highest BCUT2D eigenvalue weighted by Gasteiger charge is 2.29. The molecule has 0 aliphatic carbocycles. The van der Waals surface area contributed by atoms with Gasteiger partial charge in [-0.05, 0) is 66.5 Å². The van der Waals surface area contributed by atoms with Crippen molar-refractivity contribution < 1.29 is 9.53 Å². The third-order valence-corrected chi connectivity index (χ3v) is 6.56. The maximum atomic E-state index is 12.7. The van der Waals surface area contributed by atoms with Gasteiger partial charge in [0.15, 0.2) is 0 Å². The van der Waals surface area contributed by atoms with E-state index in [9.17, 15) is 4.79 Å². The SMILES string of the molecule is O=C(CC1CCOCC1)N1CCC(c2[c]cc(Cc3ccn4ccnc4c3)cc2)C1. The number of pyridine rings is 1. The Morgan fingerprint density at radius 3 is 2.87 bits per heavy atom. The van der Waals surface area contributed by atoms with Gasteiger partial charge in [-0.3, -0.25) is 4.79 Å². The van der Waals surface area contributed by atoms with Crippen LogP contribution in [0.15, 0.2) is 48.9 Å². The number of carbonyl (C=O) groups is 1. The van der Waals surface area contributed by atoms with E-state index in [1.165, 1.54) is 16.7 Å². The Balaban J connectivity index is 1.18. The summed E-state index contributed by atoms with van der Waals surface area (Å²) in [6.45, 7) is 3.30. The standard InChI is InChI=1S/C25H28N3O2/c29-25(17-20-7-13-30-14-8-20)28-11-6-23(18-28)22-3-1-19(2-4-22)15-21-5-10-27-12-9-26-24(27)16-21/h1-3,5,9-10,12,16,20,23H,6-8,11,13-15,17-18H2. The Kier molecular flexibility index (Phi) is 5.54. The summed E-state index contributed by atoms with van der Waals surface area (Å²) in [7, 11) is 0. The highest BCUT2D eigenvalue weighted by atomic mass is 16.5. The predicted octanol–water partition coefficient (Wildman–Crippen LogP) is 3.86. The molecule has 155 valence electrons. The molecule has 2 aliphatic heterocycles. The van der Waals surface area contributed by atoms with Crippen molar-refractivity contribution in [3.8, 4) is 0 Å². The molecule has 1 unspecified atom stereocenters. The number of benzene rings is 1. The lowest BCUT2D eigenvalue weighted by Crippen LogP contribution is -2.31. The van der Waals surface area contributed by atoms with Gasteiger partial charge in [-0.15, -0.1) is 0 Å². The van der Waals surface area contributed by atoms with E-state index in [0.717, 1.165) is 57.6 Å². The van der Waals surface area contributed by atoms with E-state index in [-0.39, 0.29) is 0 Å². The Morgan fingerprint density at radius 1 is 1.13 bits per heavy atom. The van der Waals surface area contributed by atoms with Crippen molar-refractivity contribution in [1.29, 1.82) is 0 Å². The van der Waals surface area contributed by atoms with Gasteiger partial charge in [-0.1, -0.05) is 18.2 Å². The number of likely N-dealkylation sites (tertiary alicyclic amines) is 1. The molecular weight excluding hydrogens is 374 g/mol. The minimum Gasteiger partial charge on any atom is -0.381 e. The van der Waals surface area contributed by atoms with Crippen LogP contribution in [0.5, 0.6) is 0 Å². The van der Waals surface area contributed by atoms with Crippen molar-refractivity contribution in [1.82, 2.24) is 14.3 Å². The molecule has 30 heavy (non-hydrogen) atoms. The molecule has 5 nitrogen and oxygen atoms in total.